The number of anilines is 1. The van der Waals surface area contributed by atoms with Gasteiger partial charge in [-0.3, -0.25) is 0 Å². The molecule has 0 aromatic carbocycles. The molecule has 0 spiro atoms. The highest BCUT2D eigenvalue weighted by Gasteiger charge is 2.25. The monoisotopic (exact) mass is 239 g/mol. The molecule has 3 atom stereocenters. The molecule has 0 bridgehead atoms. The van der Waals surface area contributed by atoms with E-state index >= 15 is 0 Å². The first kappa shape index (κ1) is 11.6. The van der Waals surface area contributed by atoms with Gasteiger partial charge in [0.2, 0.25) is 5.95 Å². The van der Waals surface area contributed by atoms with E-state index in [0.29, 0.717) is 22.9 Å². The molecule has 0 amide bonds. The number of rotatable bonds is 2. The Kier molecular flexibility index (Phi) is 3.64. The Hall–Kier alpha value is -0.830. The molecule has 3 unspecified atom stereocenters. The minimum absolute atomic E-state index is 0.498. The van der Waals surface area contributed by atoms with Crippen LogP contribution < -0.4 is 5.32 Å². The predicted octanol–water partition coefficient (Wildman–Crippen LogP) is 3.37. The maximum Gasteiger partial charge on any atom is 0.222 e. The van der Waals surface area contributed by atoms with Crippen LogP contribution in [0.3, 0.4) is 0 Å². The van der Waals surface area contributed by atoms with Gasteiger partial charge in [0.05, 0.1) is 17.4 Å². The van der Waals surface area contributed by atoms with Crippen LogP contribution >= 0.6 is 11.6 Å². The summed E-state index contributed by atoms with van der Waals surface area (Å²) in [6.45, 7) is 4.62. The van der Waals surface area contributed by atoms with Crippen molar-refractivity contribution in [1.82, 2.24) is 9.97 Å². The molecule has 1 heterocycles. The SMILES string of the molecule is CC1CCC(Nc2ncc(Cl)cn2)C(C)C1. The molecule has 0 saturated heterocycles. The van der Waals surface area contributed by atoms with Crippen molar-refractivity contribution in [3.8, 4) is 0 Å². The van der Waals surface area contributed by atoms with Crippen molar-refractivity contribution >= 4 is 17.5 Å². The fourth-order valence-corrected chi connectivity index (χ4v) is 2.53. The first-order valence-electron chi connectivity index (χ1n) is 5.89. The van der Waals surface area contributed by atoms with Crippen molar-refractivity contribution in [3.63, 3.8) is 0 Å². The predicted molar refractivity (Wildman–Crippen MR) is 66.6 cm³/mol. The minimum Gasteiger partial charge on any atom is -0.351 e. The van der Waals surface area contributed by atoms with Crippen LogP contribution in [0, 0.1) is 11.8 Å². The van der Waals surface area contributed by atoms with Crippen LogP contribution in [0.4, 0.5) is 5.95 Å². The summed E-state index contributed by atoms with van der Waals surface area (Å²) in [5.41, 5.74) is 0. The molecule has 1 fully saturated rings. The van der Waals surface area contributed by atoms with E-state index in [1.807, 2.05) is 0 Å². The Bertz CT molecular complexity index is 339. The number of hydrogen-bond acceptors (Lipinski definition) is 3. The van der Waals surface area contributed by atoms with Gasteiger partial charge in [0.25, 0.3) is 0 Å². The Morgan fingerprint density at radius 2 is 1.94 bits per heavy atom. The number of nitrogens with one attached hydrogen (secondary N) is 1. The molecule has 4 heteroatoms. The van der Waals surface area contributed by atoms with E-state index < -0.39 is 0 Å². The van der Waals surface area contributed by atoms with Gasteiger partial charge in [-0.15, -0.1) is 0 Å². The van der Waals surface area contributed by atoms with E-state index in [9.17, 15) is 0 Å². The van der Waals surface area contributed by atoms with Gasteiger partial charge in [-0.05, 0) is 31.1 Å². The molecule has 1 N–H and O–H groups in total. The Balaban J connectivity index is 1.96. The van der Waals surface area contributed by atoms with Gasteiger partial charge in [-0.2, -0.15) is 0 Å². The van der Waals surface area contributed by atoms with Crippen molar-refractivity contribution in [3.05, 3.63) is 17.4 Å². The first-order valence-corrected chi connectivity index (χ1v) is 6.27. The zero-order valence-electron chi connectivity index (χ0n) is 9.78. The standard InChI is InChI=1S/C12H18ClN3/c1-8-3-4-11(9(2)5-8)16-12-14-6-10(13)7-15-12/h6-9,11H,3-5H2,1-2H3,(H,14,15,16). The third-order valence-electron chi connectivity index (χ3n) is 3.37. The third kappa shape index (κ3) is 2.85. The molecular formula is C12H18ClN3. The Morgan fingerprint density at radius 3 is 2.56 bits per heavy atom. The molecule has 1 aliphatic carbocycles. The maximum atomic E-state index is 5.75. The van der Waals surface area contributed by atoms with Crippen LogP contribution in [0.5, 0.6) is 0 Å². The van der Waals surface area contributed by atoms with Crippen LogP contribution in [0.1, 0.15) is 33.1 Å². The largest absolute Gasteiger partial charge is 0.351 e. The van der Waals surface area contributed by atoms with Gasteiger partial charge in [0.15, 0.2) is 0 Å². The van der Waals surface area contributed by atoms with Crippen molar-refractivity contribution in [2.24, 2.45) is 11.8 Å². The van der Waals surface area contributed by atoms with E-state index in [1.165, 1.54) is 19.3 Å². The first-order chi connectivity index (χ1) is 7.65. The summed E-state index contributed by atoms with van der Waals surface area (Å²) < 4.78 is 0. The lowest BCUT2D eigenvalue weighted by Crippen LogP contribution is -2.33. The summed E-state index contributed by atoms with van der Waals surface area (Å²) in [6, 6.07) is 0.498. The van der Waals surface area contributed by atoms with Crippen LogP contribution in [-0.4, -0.2) is 16.0 Å². The van der Waals surface area contributed by atoms with Crippen molar-refractivity contribution < 1.29 is 0 Å². The summed E-state index contributed by atoms with van der Waals surface area (Å²) in [7, 11) is 0. The Labute approximate surface area is 102 Å². The molecule has 2 rings (SSSR count). The fraction of sp³-hybridized carbons (Fsp3) is 0.667. The van der Waals surface area contributed by atoms with Crippen LogP contribution in [-0.2, 0) is 0 Å². The van der Waals surface area contributed by atoms with Crippen LogP contribution in [0.25, 0.3) is 0 Å². The highest BCUT2D eigenvalue weighted by Crippen LogP contribution is 2.30. The lowest BCUT2D eigenvalue weighted by molar-refractivity contribution is 0.276. The van der Waals surface area contributed by atoms with Gasteiger partial charge in [0.1, 0.15) is 0 Å². The minimum atomic E-state index is 0.498. The number of aromatic nitrogens is 2. The molecular weight excluding hydrogens is 222 g/mol. The van der Waals surface area contributed by atoms with Crippen LogP contribution in [0.15, 0.2) is 12.4 Å². The van der Waals surface area contributed by atoms with Gasteiger partial charge < -0.3 is 5.32 Å². The third-order valence-corrected chi connectivity index (χ3v) is 3.56. The van der Waals surface area contributed by atoms with E-state index in [2.05, 4.69) is 29.1 Å². The second-order valence-corrected chi connectivity index (χ2v) is 5.31. The van der Waals surface area contributed by atoms with Crippen molar-refractivity contribution in [2.45, 2.75) is 39.2 Å². The van der Waals surface area contributed by atoms with Gasteiger partial charge >= 0.3 is 0 Å². The lowest BCUT2D eigenvalue weighted by Gasteiger charge is -2.33. The summed E-state index contributed by atoms with van der Waals surface area (Å²) in [4.78, 5) is 8.34. The van der Waals surface area contributed by atoms with Gasteiger partial charge in [0, 0.05) is 6.04 Å². The molecule has 1 aromatic rings. The highest BCUT2D eigenvalue weighted by molar-refractivity contribution is 6.30. The quantitative estimate of drug-likeness (QED) is 0.860. The topological polar surface area (TPSA) is 37.8 Å². The number of hydrogen-bond donors (Lipinski definition) is 1. The molecule has 0 aliphatic heterocycles. The zero-order chi connectivity index (χ0) is 11.5. The molecule has 88 valence electrons. The van der Waals surface area contributed by atoms with Gasteiger partial charge in [-0.25, -0.2) is 9.97 Å². The maximum absolute atomic E-state index is 5.75. The van der Waals surface area contributed by atoms with Gasteiger partial charge in [-0.1, -0.05) is 25.4 Å². The Morgan fingerprint density at radius 1 is 1.25 bits per heavy atom. The second-order valence-electron chi connectivity index (χ2n) is 4.87. The zero-order valence-corrected chi connectivity index (χ0v) is 10.5. The van der Waals surface area contributed by atoms with E-state index in [1.54, 1.807) is 12.4 Å². The molecule has 3 nitrogen and oxygen atoms in total. The summed E-state index contributed by atoms with van der Waals surface area (Å²) in [5.74, 6) is 2.22. The summed E-state index contributed by atoms with van der Waals surface area (Å²) in [5, 5.41) is 3.98. The van der Waals surface area contributed by atoms with Crippen molar-refractivity contribution in [2.75, 3.05) is 5.32 Å². The molecule has 1 aliphatic rings. The van der Waals surface area contributed by atoms with Crippen molar-refractivity contribution in [1.29, 1.82) is 0 Å². The summed E-state index contributed by atoms with van der Waals surface area (Å²) in [6.07, 6.45) is 7.04. The van der Waals surface area contributed by atoms with Crippen LogP contribution in [0.2, 0.25) is 5.02 Å². The molecule has 1 aromatic heterocycles. The average molecular weight is 240 g/mol. The number of nitrogens with zero attached hydrogens (tertiary/aromatic N) is 2. The highest BCUT2D eigenvalue weighted by atomic mass is 35.5. The molecule has 16 heavy (non-hydrogen) atoms. The summed E-state index contributed by atoms with van der Waals surface area (Å²) >= 11 is 5.75. The van der Waals surface area contributed by atoms with E-state index in [4.69, 9.17) is 11.6 Å². The normalized spacial score (nSPS) is 30.1. The lowest BCUT2D eigenvalue weighted by atomic mass is 9.80. The smallest absolute Gasteiger partial charge is 0.222 e. The average Bonchev–Trinajstić information content (AvgIpc) is 2.25. The van der Waals surface area contributed by atoms with E-state index in [-0.39, 0.29) is 0 Å². The molecule has 1 saturated carbocycles. The van der Waals surface area contributed by atoms with E-state index in [0.717, 1.165) is 5.92 Å². The fourth-order valence-electron chi connectivity index (χ4n) is 2.43. The number of halogens is 1. The molecule has 0 radical (unpaired) electrons. The second kappa shape index (κ2) is 5.00.